The number of H-pyrrole nitrogens is 1. The lowest BCUT2D eigenvalue weighted by Crippen LogP contribution is -2.20. The zero-order valence-corrected chi connectivity index (χ0v) is 9.52. The molecule has 0 aliphatic rings. The Morgan fingerprint density at radius 1 is 1.24 bits per heavy atom. The number of aromatic nitrogens is 2. The predicted molar refractivity (Wildman–Crippen MR) is 62.8 cm³/mol. The Balaban J connectivity index is 2.62. The van der Waals surface area contributed by atoms with Gasteiger partial charge in [-0.1, -0.05) is 17.7 Å². The van der Waals surface area contributed by atoms with Gasteiger partial charge >= 0.3 is 5.97 Å². The largest absolute Gasteiger partial charge is 0.477 e. The molecule has 5 heteroatoms. The van der Waals surface area contributed by atoms with Gasteiger partial charge < -0.3 is 5.11 Å². The minimum absolute atomic E-state index is 0.217. The Hall–Kier alpha value is -2.30. The van der Waals surface area contributed by atoms with E-state index >= 15 is 0 Å². The maximum Gasteiger partial charge on any atom is 0.343 e. The lowest BCUT2D eigenvalue weighted by atomic mass is 10.2. The monoisotopic (exact) mass is 232 g/mol. The first-order valence-electron chi connectivity index (χ1n) is 5.12. The van der Waals surface area contributed by atoms with Gasteiger partial charge in [0, 0.05) is 5.69 Å². The number of carboxylic acid groups (broad SMARTS) is 1. The van der Waals surface area contributed by atoms with Crippen molar-refractivity contribution < 1.29 is 9.90 Å². The zero-order valence-electron chi connectivity index (χ0n) is 9.52. The van der Waals surface area contributed by atoms with Crippen LogP contribution in [0.5, 0.6) is 0 Å². The van der Waals surface area contributed by atoms with Crippen LogP contribution in [0.4, 0.5) is 0 Å². The maximum atomic E-state index is 11.9. The van der Waals surface area contributed by atoms with E-state index in [-0.39, 0.29) is 5.56 Å². The summed E-state index contributed by atoms with van der Waals surface area (Å²) in [6.07, 6.45) is 0. The number of aromatic carboxylic acids is 1. The molecule has 0 amide bonds. The summed E-state index contributed by atoms with van der Waals surface area (Å²) in [5.41, 5.74) is 1.28. The highest BCUT2D eigenvalue weighted by molar-refractivity contribution is 5.88. The van der Waals surface area contributed by atoms with Crippen molar-refractivity contribution in [3.63, 3.8) is 0 Å². The van der Waals surface area contributed by atoms with Crippen LogP contribution in [0.2, 0.25) is 0 Å². The molecule has 88 valence electrons. The van der Waals surface area contributed by atoms with Crippen molar-refractivity contribution >= 4 is 5.97 Å². The van der Waals surface area contributed by atoms with Gasteiger partial charge in [0.2, 0.25) is 0 Å². The molecule has 5 nitrogen and oxygen atoms in total. The van der Waals surface area contributed by atoms with E-state index in [0.717, 1.165) is 5.56 Å². The molecule has 0 aliphatic heterocycles. The van der Waals surface area contributed by atoms with Crippen molar-refractivity contribution in [2.45, 2.75) is 13.8 Å². The van der Waals surface area contributed by atoms with Crippen LogP contribution in [0.3, 0.4) is 0 Å². The van der Waals surface area contributed by atoms with Crippen molar-refractivity contribution in [3.05, 3.63) is 51.4 Å². The summed E-state index contributed by atoms with van der Waals surface area (Å²) >= 11 is 0. The van der Waals surface area contributed by atoms with E-state index in [9.17, 15) is 9.59 Å². The van der Waals surface area contributed by atoms with Gasteiger partial charge in [0.25, 0.3) is 5.56 Å². The molecule has 0 saturated carbocycles. The summed E-state index contributed by atoms with van der Waals surface area (Å²) in [5, 5.41) is 11.7. The van der Waals surface area contributed by atoms with Crippen LogP contribution in [0.25, 0.3) is 5.69 Å². The number of nitrogens with zero attached hydrogens (tertiary/aromatic N) is 1. The van der Waals surface area contributed by atoms with Crippen molar-refractivity contribution in [1.82, 2.24) is 9.78 Å². The molecule has 1 aromatic carbocycles. The second-order valence-electron chi connectivity index (χ2n) is 3.89. The number of aryl methyl sites for hydroxylation is 2. The minimum Gasteiger partial charge on any atom is -0.477 e. The third kappa shape index (κ3) is 1.87. The van der Waals surface area contributed by atoms with Crippen molar-refractivity contribution in [2.75, 3.05) is 0 Å². The molecule has 0 bridgehead atoms. The standard InChI is InChI=1S/C12H12N2O3/c1-7-3-5-9(6-4-7)14-11(15)10(12(16)17)8(2)13-14/h3-6,13H,1-2H3,(H,16,17). The number of carbonyl (C=O) groups is 1. The normalized spacial score (nSPS) is 10.5. The lowest BCUT2D eigenvalue weighted by molar-refractivity contribution is 0.0694. The Labute approximate surface area is 97.3 Å². The van der Waals surface area contributed by atoms with Gasteiger partial charge in [0.05, 0.1) is 5.69 Å². The molecule has 0 fully saturated rings. The number of hydrogen-bond donors (Lipinski definition) is 2. The van der Waals surface area contributed by atoms with Crippen LogP contribution in [-0.4, -0.2) is 20.9 Å². The SMILES string of the molecule is Cc1ccc(-n2[nH]c(C)c(C(=O)O)c2=O)cc1. The minimum atomic E-state index is -1.21. The molecule has 1 aromatic heterocycles. The van der Waals surface area contributed by atoms with Crippen LogP contribution < -0.4 is 5.56 Å². The summed E-state index contributed by atoms with van der Waals surface area (Å²) in [6, 6.07) is 7.24. The highest BCUT2D eigenvalue weighted by Gasteiger charge is 2.18. The summed E-state index contributed by atoms with van der Waals surface area (Å²) in [7, 11) is 0. The second-order valence-corrected chi connectivity index (χ2v) is 3.89. The smallest absolute Gasteiger partial charge is 0.343 e. The van der Waals surface area contributed by atoms with Gasteiger partial charge in [-0.3, -0.25) is 9.89 Å². The second kappa shape index (κ2) is 3.93. The fourth-order valence-corrected chi connectivity index (χ4v) is 1.67. The molecule has 0 radical (unpaired) electrons. The highest BCUT2D eigenvalue weighted by Crippen LogP contribution is 2.08. The Kier molecular flexibility index (Phi) is 2.59. The van der Waals surface area contributed by atoms with Gasteiger partial charge in [-0.25, -0.2) is 9.48 Å². The first kappa shape index (κ1) is 11.2. The third-order valence-electron chi connectivity index (χ3n) is 2.58. The molecule has 0 unspecified atom stereocenters. The number of carboxylic acids is 1. The molecule has 1 heterocycles. The van der Waals surface area contributed by atoms with E-state index < -0.39 is 11.5 Å². The van der Waals surface area contributed by atoms with E-state index in [1.165, 1.54) is 4.68 Å². The molecule has 2 aromatic rings. The number of nitrogens with one attached hydrogen (secondary N) is 1. The fourth-order valence-electron chi connectivity index (χ4n) is 1.67. The Morgan fingerprint density at radius 3 is 2.29 bits per heavy atom. The molecule has 0 spiro atoms. The van der Waals surface area contributed by atoms with Gasteiger partial charge in [-0.05, 0) is 26.0 Å². The molecule has 2 N–H and O–H groups in total. The molecule has 17 heavy (non-hydrogen) atoms. The van der Waals surface area contributed by atoms with Crippen LogP contribution in [-0.2, 0) is 0 Å². The van der Waals surface area contributed by atoms with E-state index in [2.05, 4.69) is 5.10 Å². The van der Waals surface area contributed by atoms with E-state index in [4.69, 9.17) is 5.11 Å². The third-order valence-corrected chi connectivity index (χ3v) is 2.58. The lowest BCUT2D eigenvalue weighted by Gasteiger charge is -2.01. The first-order chi connectivity index (χ1) is 8.00. The molecular weight excluding hydrogens is 220 g/mol. The van der Waals surface area contributed by atoms with Gasteiger partial charge in [0.1, 0.15) is 5.56 Å². The average molecular weight is 232 g/mol. The number of aromatic amines is 1. The summed E-state index contributed by atoms with van der Waals surface area (Å²) < 4.78 is 1.23. The molecule has 0 saturated heterocycles. The van der Waals surface area contributed by atoms with Gasteiger partial charge in [-0.2, -0.15) is 0 Å². The molecule has 0 atom stereocenters. The summed E-state index contributed by atoms with van der Waals surface area (Å²) in [4.78, 5) is 22.8. The van der Waals surface area contributed by atoms with Crippen molar-refractivity contribution in [1.29, 1.82) is 0 Å². The molecule has 0 aliphatic carbocycles. The maximum absolute atomic E-state index is 11.9. The van der Waals surface area contributed by atoms with E-state index in [1.54, 1.807) is 19.1 Å². The number of hydrogen-bond acceptors (Lipinski definition) is 2. The van der Waals surface area contributed by atoms with Gasteiger partial charge in [-0.15, -0.1) is 0 Å². The quantitative estimate of drug-likeness (QED) is 0.823. The molecule has 2 rings (SSSR count). The van der Waals surface area contributed by atoms with Gasteiger partial charge in [0.15, 0.2) is 0 Å². The van der Waals surface area contributed by atoms with Crippen LogP contribution >= 0.6 is 0 Å². The van der Waals surface area contributed by atoms with E-state index in [0.29, 0.717) is 11.4 Å². The predicted octanol–water partition coefficient (Wildman–Crippen LogP) is 1.48. The van der Waals surface area contributed by atoms with Crippen LogP contribution in [0.15, 0.2) is 29.1 Å². The highest BCUT2D eigenvalue weighted by atomic mass is 16.4. The van der Waals surface area contributed by atoms with Crippen molar-refractivity contribution in [3.8, 4) is 5.69 Å². The molecular formula is C12H12N2O3. The van der Waals surface area contributed by atoms with E-state index in [1.807, 2.05) is 19.1 Å². The van der Waals surface area contributed by atoms with Crippen molar-refractivity contribution in [2.24, 2.45) is 0 Å². The number of benzene rings is 1. The Morgan fingerprint density at radius 2 is 1.82 bits per heavy atom. The summed E-state index contributed by atoms with van der Waals surface area (Å²) in [5.74, 6) is -1.21. The Bertz CT molecular complexity index is 620. The number of rotatable bonds is 2. The first-order valence-corrected chi connectivity index (χ1v) is 5.12. The van der Waals surface area contributed by atoms with Crippen LogP contribution in [0, 0.1) is 13.8 Å². The zero-order chi connectivity index (χ0) is 12.6. The summed E-state index contributed by atoms with van der Waals surface area (Å²) in [6.45, 7) is 3.50. The topological polar surface area (TPSA) is 75.1 Å². The average Bonchev–Trinajstić information content (AvgIpc) is 2.55. The van der Waals surface area contributed by atoms with Crippen LogP contribution in [0.1, 0.15) is 21.6 Å². The fraction of sp³-hybridized carbons (Fsp3) is 0.167.